The van der Waals surface area contributed by atoms with Gasteiger partial charge in [0.15, 0.2) is 0 Å². The molecule has 40 heavy (non-hydrogen) atoms. The smallest absolute Gasteiger partial charge is 0.242 e. The monoisotopic (exact) mass is 596 g/mol. The van der Waals surface area contributed by atoms with Crippen molar-refractivity contribution in [2.45, 2.75) is 38.5 Å². The highest BCUT2D eigenvalue weighted by Gasteiger charge is 2.80. The number of carbonyl (C=O) groups is 2. The number of halogens is 6. The molecule has 0 saturated heterocycles. The van der Waals surface area contributed by atoms with Crippen molar-refractivity contribution in [1.82, 2.24) is 0 Å². The second-order valence-corrected chi connectivity index (χ2v) is 11.8. The number of fused-ring (bicyclic) bond motifs is 2. The van der Waals surface area contributed by atoms with Crippen molar-refractivity contribution in [3.05, 3.63) is 81.1 Å². The fourth-order valence-electron chi connectivity index (χ4n) is 4.72. The Bertz CT molecular complexity index is 1780. The van der Waals surface area contributed by atoms with Crippen molar-refractivity contribution < 1.29 is 45.7 Å². The Labute approximate surface area is 231 Å². The molecular formula is C28H18F6O4S2. The molecule has 0 bridgehead atoms. The molecule has 4 aromatic rings. The van der Waals surface area contributed by atoms with E-state index in [1.54, 1.807) is 12.1 Å². The van der Waals surface area contributed by atoms with Gasteiger partial charge in [-0.3, -0.25) is 0 Å². The van der Waals surface area contributed by atoms with Gasteiger partial charge in [-0.1, -0.05) is 30.8 Å². The van der Waals surface area contributed by atoms with E-state index in [2.05, 4.69) is 16.4 Å². The van der Waals surface area contributed by atoms with Gasteiger partial charge in [-0.05, 0) is 39.0 Å². The molecule has 1 aliphatic rings. The van der Waals surface area contributed by atoms with Crippen molar-refractivity contribution in [3.63, 3.8) is 0 Å². The molecule has 0 atom stereocenters. The van der Waals surface area contributed by atoms with Gasteiger partial charge in [0.1, 0.15) is 0 Å². The number of hydrogen-bond acceptors (Lipinski definition) is 6. The second kappa shape index (κ2) is 9.20. The van der Waals surface area contributed by atoms with E-state index in [1.807, 2.05) is 0 Å². The summed E-state index contributed by atoms with van der Waals surface area (Å²) >= 11 is 1.89. The first-order chi connectivity index (χ1) is 18.6. The zero-order valence-corrected chi connectivity index (χ0v) is 22.6. The molecule has 12 heteroatoms. The summed E-state index contributed by atoms with van der Waals surface area (Å²) in [6, 6.07) is 9.69. The molecule has 0 fully saturated rings. The van der Waals surface area contributed by atoms with Gasteiger partial charge in [-0.15, -0.1) is 22.7 Å². The average molecular weight is 597 g/mol. The lowest BCUT2D eigenvalue weighted by Crippen LogP contribution is -2.48. The predicted octanol–water partition coefficient (Wildman–Crippen LogP) is 8.75. The third kappa shape index (κ3) is 3.87. The highest BCUT2D eigenvalue weighted by Crippen LogP contribution is 2.67. The molecule has 2 aromatic carbocycles. The minimum Gasteiger partial charge on any atom is -0.242 e. The van der Waals surface area contributed by atoms with Gasteiger partial charge in [0.25, 0.3) is 0 Å². The third-order valence-corrected chi connectivity index (χ3v) is 8.74. The van der Waals surface area contributed by atoms with Crippen molar-refractivity contribution in [2.75, 3.05) is 0 Å². The maximum atomic E-state index is 15.6. The normalized spacial score (nSPS) is 17.4. The van der Waals surface area contributed by atoms with Crippen LogP contribution in [0.4, 0.5) is 26.3 Å². The Balaban J connectivity index is 1.74. The van der Waals surface area contributed by atoms with Crippen LogP contribution in [0.1, 0.15) is 38.2 Å². The molecule has 2 heterocycles. The summed E-state index contributed by atoms with van der Waals surface area (Å²) in [5, 5.41) is 0.132. The van der Waals surface area contributed by atoms with E-state index in [1.165, 1.54) is 45.0 Å². The van der Waals surface area contributed by atoms with Gasteiger partial charge in [-0.2, -0.15) is 26.3 Å². The number of thiophene rings is 2. The van der Waals surface area contributed by atoms with E-state index in [4.69, 9.17) is 0 Å². The van der Waals surface area contributed by atoms with E-state index >= 15 is 17.6 Å². The summed E-state index contributed by atoms with van der Waals surface area (Å²) in [5.41, 5.74) is -3.88. The molecule has 0 aliphatic heterocycles. The minimum absolute atomic E-state index is 0.0316. The first kappa shape index (κ1) is 27.9. The number of alkyl halides is 6. The quantitative estimate of drug-likeness (QED) is 0.102. The summed E-state index contributed by atoms with van der Waals surface area (Å²) < 4.78 is 92.8. The van der Waals surface area contributed by atoms with Crippen molar-refractivity contribution in [2.24, 2.45) is 0 Å². The van der Waals surface area contributed by atoms with Gasteiger partial charge in [0, 0.05) is 57.8 Å². The van der Waals surface area contributed by atoms with E-state index in [0.717, 1.165) is 28.7 Å². The maximum Gasteiger partial charge on any atom is 0.386 e. The molecule has 0 spiro atoms. The molecule has 4 nitrogen and oxygen atoms in total. The van der Waals surface area contributed by atoms with Crippen LogP contribution in [0.5, 0.6) is 0 Å². The average Bonchev–Trinajstić information content (AvgIpc) is 3.41. The van der Waals surface area contributed by atoms with Crippen LogP contribution < -0.4 is 0 Å². The van der Waals surface area contributed by atoms with Crippen LogP contribution in [0.3, 0.4) is 0 Å². The van der Waals surface area contributed by atoms with Gasteiger partial charge in [0.2, 0.25) is 0 Å². The van der Waals surface area contributed by atoms with E-state index in [0.29, 0.717) is 4.70 Å². The summed E-state index contributed by atoms with van der Waals surface area (Å²) in [6.07, 6.45) is 0. The lowest BCUT2D eigenvalue weighted by atomic mass is 9.91. The summed E-state index contributed by atoms with van der Waals surface area (Å²) in [4.78, 5) is 32.9. The SMILES string of the molecule is C=C(C)C(=O)OOC(=O)c1ccc2c(C3=C(c4c(C)sc5ccccc45)C(F)(F)C(F)(F)C3(F)F)c(C)sc2c1. The Morgan fingerprint density at radius 3 is 1.88 bits per heavy atom. The Morgan fingerprint density at radius 1 is 0.775 bits per heavy atom. The van der Waals surface area contributed by atoms with Crippen molar-refractivity contribution >= 4 is 65.9 Å². The van der Waals surface area contributed by atoms with Crippen LogP contribution in [-0.2, 0) is 14.6 Å². The number of aryl methyl sites for hydroxylation is 2. The Morgan fingerprint density at radius 2 is 1.30 bits per heavy atom. The second-order valence-electron chi connectivity index (χ2n) is 9.27. The summed E-state index contributed by atoms with van der Waals surface area (Å²) in [6.45, 7) is 7.44. The van der Waals surface area contributed by atoms with E-state index in [-0.39, 0.29) is 41.9 Å². The minimum atomic E-state index is -5.71. The van der Waals surface area contributed by atoms with Crippen LogP contribution >= 0.6 is 22.7 Å². The highest BCUT2D eigenvalue weighted by atomic mass is 32.1. The van der Waals surface area contributed by atoms with Crippen LogP contribution in [-0.4, -0.2) is 29.7 Å². The number of carbonyl (C=O) groups excluding carboxylic acids is 2. The molecular weight excluding hydrogens is 578 g/mol. The standard InChI is InChI=1S/C28H18F6O4S2/c1-12(2)24(35)37-38-25(36)15-9-10-17-19(11-15)40-14(4)21(17)23-22(26(29,30)28(33,34)27(23,31)32)20-13(3)39-18-8-6-5-7-16(18)20/h5-11H,1H2,2-4H3. The molecule has 2 aromatic heterocycles. The highest BCUT2D eigenvalue weighted by molar-refractivity contribution is 7.19. The Kier molecular flexibility index (Phi) is 6.42. The first-order valence-corrected chi connectivity index (χ1v) is 13.2. The van der Waals surface area contributed by atoms with Crippen LogP contribution in [0, 0.1) is 13.8 Å². The van der Waals surface area contributed by atoms with Crippen molar-refractivity contribution in [3.8, 4) is 0 Å². The molecule has 1 aliphatic carbocycles. The summed E-state index contributed by atoms with van der Waals surface area (Å²) in [5.74, 6) is -18.2. The molecule has 0 saturated carbocycles. The van der Waals surface area contributed by atoms with Gasteiger partial charge >= 0.3 is 29.7 Å². The zero-order valence-electron chi connectivity index (χ0n) is 21.0. The molecule has 0 unspecified atom stereocenters. The van der Waals surface area contributed by atoms with Gasteiger partial charge < -0.3 is 0 Å². The van der Waals surface area contributed by atoms with Crippen LogP contribution in [0.2, 0.25) is 0 Å². The number of rotatable bonds is 4. The zero-order chi connectivity index (χ0) is 29.4. The lowest BCUT2D eigenvalue weighted by Gasteiger charge is -2.26. The Hall–Kier alpha value is -3.64. The topological polar surface area (TPSA) is 52.6 Å². The molecule has 0 radical (unpaired) electrons. The first-order valence-electron chi connectivity index (χ1n) is 11.6. The fraction of sp³-hybridized carbons (Fsp3) is 0.214. The predicted molar refractivity (Wildman–Crippen MR) is 141 cm³/mol. The van der Waals surface area contributed by atoms with E-state index in [9.17, 15) is 18.4 Å². The van der Waals surface area contributed by atoms with Crippen LogP contribution in [0.15, 0.2) is 54.6 Å². The van der Waals surface area contributed by atoms with Crippen LogP contribution in [0.25, 0.3) is 31.3 Å². The van der Waals surface area contributed by atoms with Gasteiger partial charge in [0.05, 0.1) is 5.56 Å². The molecule has 5 rings (SSSR count). The van der Waals surface area contributed by atoms with E-state index < -0.39 is 46.4 Å². The maximum absolute atomic E-state index is 15.6. The van der Waals surface area contributed by atoms with Crippen molar-refractivity contribution in [1.29, 1.82) is 0 Å². The molecule has 0 N–H and O–H groups in total. The fourth-order valence-corrected chi connectivity index (χ4v) is 6.90. The molecule has 0 amide bonds. The molecule has 208 valence electrons. The third-order valence-electron chi connectivity index (χ3n) is 6.58. The largest absolute Gasteiger partial charge is 0.386 e. The summed E-state index contributed by atoms with van der Waals surface area (Å²) in [7, 11) is 0. The number of hydrogen-bond donors (Lipinski definition) is 0. The lowest BCUT2D eigenvalue weighted by molar-refractivity contribution is -0.254. The van der Waals surface area contributed by atoms with Gasteiger partial charge in [-0.25, -0.2) is 19.4 Å². The number of allylic oxidation sites excluding steroid dienone is 2. The number of benzene rings is 2.